The molecule has 86 valence electrons. The van der Waals surface area contributed by atoms with Gasteiger partial charge in [-0.15, -0.1) is 0 Å². The Hall–Kier alpha value is -1.40. The van der Waals surface area contributed by atoms with E-state index in [0.717, 1.165) is 18.2 Å². The molecule has 0 fully saturated rings. The molecule has 0 bridgehead atoms. The fraction of sp³-hybridized carbons (Fsp3) is 0.300. The van der Waals surface area contributed by atoms with Gasteiger partial charge in [-0.1, -0.05) is 12.1 Å². The fourth-order valence-corrected chi connectivity index (χ4v) is 1.72. The molecule has 0 atom stereocenters. The van der Waals surface area contributed by atoms with Crippen molar-refractivity contribution in [2.24, 2.45) is 0 Å². The molecular formula is C10H12N2O3S. The molecule has 0 aromatic heterocycles. The molecule has 1 N–H and O–H groups in total. The van der Waals surface area contributed by atoms with Gasteiger partial charge in [-0.2, -0.15) is 0 Å². The van der Waals surface area contributed by atoms with Crippen LogP contribution >= 0.6 is 11.9 Å². The smallest absolute Gasteiger partial charge is 0.284 e. The van der Waals surface area contributed by atoms with Crippen LogP contribution in [0.25, 0.3) is 0 Å². The molecule has 1 aromatic rings. The largest absolute Gasteiger partial charge is 0.301 e. The first-order chi connectivity index (χ1) is 7.46. The van der Waals surface area contributed by atoms with E-state index in [9.17, 15) is 14.9 Å². The van der Waals surface area contributed by atoms with Crippen LogP contribution in [0.2, 0.25) is 0 Å². The number of hydrogen-bond acceptors (Lipinski definition) is 5. The lowest BCUT2D eigenvalue weighted by Crippen LogP contribution is -2.35. The minimum atomic E-state index is -0.714. The highest BCUT2D eigenvalue weighted by molar-refractivity contribution is 7.97. The minimum Gasteiger partial charge on any atom is -0.301 e. The van der Waals surface area contributed by atoms with Crippen LogP contribution in [0.4, 0.5) is 5.69 Å². The molecule has 0 radical (unpaired) electrons. The molecule has 0 spiro atoms. The van der Waals surface area contributed by atoms with Gasteiger partial charge in [0.15, 0.2) is 0 Å². The summed E-state index contributed by atoms with van der Waals surface area (Å²) in [5, 5.41) is 10.7. The van der Waals surface area contributed by atoms with Gasteiger partial charge < -0.3 is 4.79 Å². The third-order valence-electron chi connectivity index (χ3n) is 1.78. The summed E-state index contributed by atoms with van der Waals surface area (Å²) in [7, 11) is 0. The first kappa shape index (κ1) is 12.7. The summed E-state index contributed by atoms with van der Waals surface area (Å²) in [5.74, 6) is 0. The average Bonchev–Trinajstić information content (AvgIpc) is 2.27. The van der Waals surface area contributed by atoms with E-state index in [1.807, 2.05) is 0 Å². The quantitative estimate of drug-likeness (QED) is 0.369. The Bertz CT molecular complexity index is 407. The number of carbonyl (C=O) groups is 1. The van der Waals surface area contributed by atoms with Crippen LogP contribution in [0.3, 0.4) is 0 Å². The Morgan fingerprint density at radius 3 is 2.62 bits per heavy atom. The van der Waals surface area contributed by atoms with Crippen LogP contribution in [-0.4, -0.2) is 16.7 Å². The maximum absolute atomic E-state index is 10.7. The van der Waals surface area contributed by atoms with Crippen molar-refractivity contribution in [3.05, 3.63) is 34.4 Å². The summed E-state index contributed by atoms with van der Waals surface area (Å²) in [6.45, 7) is 3.39. The van der Waals surface area contributed by atoms with Gasteiger partial charge in [0.05, 0.1) is 10.5 Å². The number of benzene rings is 1. The topological polar surface area (TPSA) is 72.2 Å². The van der Waals surface area contributed by atoms with Crippen LogP contribution in [0.1, 0.15) is 13.8 Å². The number of nitro benzene ring substituents is 1. The van der Waals surface area contributed by atoms with E-state index in [1.165, 1.54) is 6.07 Å². The predicted octanol–water partition coefficient (Wildman–Crippen LogP) is 2.17. The van der Waals surface area contributed by atoms with Gasteiger partial charge in [-0.25, -0.2) is 4.72 Å². The van der Waals surface area contributed by atoms with Crippen LogP contribution in [-0.2, 0) is 4.79 Å². The van der Waals surface area contributed by atoms with E-state index in [1.54, 1.807) is 32.0 Å². The Kier molecular flexibility index (Phi) is 4.03. The van der Waals surface area contributed by atoms with Crippen LogP contribution in [0, 0.1) is 10.1 Å². The number of aldehydes is 1. The molecule has 0 saturated heterocycles. The van der Waals surface area contributed by atoms with Crippen LogP contribution < -0.4 is 4.72 Å². The van der Waals surface area contributed by atoms with Gasteiger partial charge in [0.2, 0.25) is 0 Å². The second kappa shape index (κ2) is 5.09. The molecule has 0 aliphatic rings. The summed E-state index contributed by atoms with van der Waals surface area (Å²) >= 11 is 1.08. The maximum atomic E-state index is 10.7. The lowest BCUT2D eigenvalue weighted by molar-refractivity contribution is -0.387. The second-order valence-electron chi connectivity index (χ2n) is 3.77. The number of rotatable bonds is 5. The number of hydrogen-bond donors (Lipinski definition) is 1. The number of carbonyl (C=O) groups excluding carboxylic acids is 1. The van der Waals surface area contributed by atoms with Crippen molar-refractivity contribution < 1.29 is 9.72 Å². The highest BCUT2D eigenvalue weighted by atomic mass is 32.2. The molecule has 16 heavy (non-hydrogen) atoms. The minimum absolute atomic E-state index is 0.0294. The molecule has 6 heteroatoms. The molecule has 0 aliphatic carbocycles. The molecule has 5 nitrogen and oxygen atoms in total. The number of para-hydroxylation sites is 1. The van der Waals surface area contributed by atoms with Crippen molar-refractivity contribution in [2.75, 3.05) is 0 Å². The van der Waals surface area contributed by atoms with Crippen molar-refractivity contribution in [3.63, 3.8) is 0 Å². The summed E-state index contributed by atoms with van der Waals surface area (Å²) in [5.41, 5.74) is -0.685. The predicted molar refractivity (Wildman–Crippen MR) is 62.2 cm³/mol. The van der Waals surface area contributed by atoms with E-state index in [2.05, 4.69) is 4.72 Å². The van der Waals surface area contributed by atoms with E-state index in [0.29, 0.717) is 4.90 Å². The molecular weight excluding hydrogens is 228 g/mol. The lowest BCUT2D eigenvalue weighted by Gasteiger charge is -2.17. The lowest BCUT2D eigenvalue weighted by atomic mass is 10.1. The summed E-state index contributed by atoms with van der Waals surface area (Å²) in [6, 6.07) is 6.38. The third kappa shape index (κ3) is 3.32. The Morgan fingerprint density at radius 1 is 1.44 bits per heavy atom. The first-order valence-electron chi connectivity index (χ1n) is 4.60. The Labute approximate surface area is 97.5 Å². The highest BCUT2D eigenvalue weighted by Gasteiger charge is 2.19. The molecule has 0 unspecified atom stereocenters. The molecule has 1 rings (SSSR count). The standard InChI is InChI=1S/C10H12N2O3S/c1-10(2,7-13)11-16-9-6-4-3-5-8(9)12(14)15/h3-7,11H,1-2H3. The third-order valence-corrected chi connectivity index (χ3v) is 2.97. The van der Waals surface area contributed by atoms with Gasteiger partial charge in [0.25, 0.3) is 5.69 Å². The first-order valence-corrected chi connectivity index (χ1v) is 5.42. The zero-order chi connectivity index (χ0) is 12.2. The summed E-state index contributed by atoms with van der Waals surface area (Å²) < 4.78 is 2.86. The van der Waals surface area contributed by atoms with E-state index >= 15 is 0 Å². The fourth-order valence-electron chi connectivity index (χ4n) is 0.905. The van der Waals surface area contributed by atoms with Crippen molar-refractivity contribution in [1.82, 2.24) is 4.72 Å². The zero-order valence-corrected chi connectivity index (χ0v) is 9.78. The van der Waals surface area contributed by atoms with E-state index < -0.39 is 10.5 Å². The Morgan fingerprint density at radius 2 is 2.06 bits per heavy atom. The summed E-state index contributed by atoms with van der Waals surface area (Å²) in [4.78, 5) is 21.4. The Balaban J connectivity index is 2.82. The van der Waals surface area contributed by atoms with Crippen molar-refractivity contribution in [3.8, 4) is 0 Å². The maximum Gasteiger partial charge on any atom is 0.284 e. The molecule has 0 heterocycles. The highest BCUT2D eigenvalue weighted by Crippen LogP contribution is 2.27. The molecule has 0 saturated carbocycles. The number of nitrogens with one attached hydrogen (secondary N) is 1. The zero-order valence-electron chi connectivity index (χ0n) is 8.97. The van der Waals surface area contributed by atoms with Crippen LogP contribution in [0.5, 0.6) is 0 Å². The van der Waals surface area contributed by atoms with E-state index in [4.69, 9.17) is 0 Å². The van der Waals surface area contributed by atoms with Gasteiger partial charge in [0.1, 0.15) is 11.2 Å². The van der Waals surface area contributed by atoms with Crippen LogP contribution in [0.15, 0.2) is 29.2 Å². The van der Waals surface area contributed by atoms with Crippen molar-refractivity contribution >= 4 is 23.9 Å². The normalized spacial score (nSPS) is 11.1. The van der Waals surface area contributed by atoms with E-state index in [-0.39, 0.29) is 5.69 Å². The van der Waals surface area contributed by atoms with Crippen molar-refractivity contribution in [1.29, 1.82) is 0 Å². The molecule has 0 aliphatic heterocycles. The van der Waals surface area contributed by atoms with Gasteiger partial charge in [0, 0.05) is 6.07 Å². The summed E-state index contributed by atoms with van der Waals surface area (Å²) in [6.07, 6.45) is 0.759. The molecule has 0 amide bonds. The second-order valence-corrected chi connectivity index (χ2v) is 4.62. The van der Waals surface area contributed by atoms with Gasteiger partial charge >= 0.3 is 0 Å². The van der Waals surface area contributed by atoms with Gasteiger partial charge in [-0.05, 0) is 31.9 Å². The monoisotopic (exact) mass is 240 g/mol. The molecule has 1 aromatic carbocycles. The van der Waals surface area contributed by atoms with Gasteiger partial charge in [-0.3, -0.25) is 10.1 Å². The average molecular weight is 240 g/mol. The number of nitrogens with zero attached hydrogens (tertiary/aromatic N) is 1. The SMILES string of the molecule is CC(C)(C=O)NSc1ccccc1[N+](=O)[O-]. The van der Waals surface area contributed by atoms with Crippen molar-refractivity contribution in [2.45, 2.75) is 24.3 Å². The number of nitro groups is 1.